The lowest BCUT2D eigenvalue weighted by Crippen LogP contribution is -2.11. The van der Waals surface area contributed by atoms with E-state index in [1.807, 2.05) is 13.8 Å². The van der Waals surface area contributed by atoms with E-state index in [0.29, 0.717) is 0 Å². The van der Waals surface area contributed by atoms with E-state index in [0.717, 1.165) is 12.5 Å². The molecule has 2 N–H and O–H groups in total. The minimum Gasteiger partial charge on any atom is -0.330 e. The van der Waals surface area contributed by atoms with Crippen molar-refractivity contribution in [2.75, 3.05) is 6.54 Å². The van der Waals surface area contributed by atoms with Gasteiger partial charge in [-0.3, -0.25) is 0 Å². The summed E-state index contributed by atoms with van der Waals surface area (Å²) in [5.74, 6) is 0.764. The van der Waals surface area contributed by atoms with Gasteiger partial charge in [-0.05, 0) is 12.5 Å². The monoisotopic (exact) mass is 221 g/mol. The van der Waals surface area contributed by atoms with Crippen LogP contribution in [0.15, 0.2) is 0 Å². The second-order valence-electron chi connectivity index (χ2n) is 4.09. The summed E-state index contributed by atoms with van der Waals surface area (Å²) in [6.45, 7) is 15.4. The van der Waals surface area contributed by atoms with E-state index in [9.17, 15) is 0 Å². The van der Waals surface area contributed by atoms with Crippen molar-refractivity contribution in [2.45, 2.75) is 66.1 Å². The number of nitrogens with two attached hydrogens (primary N) is 1. The lowest BCUT2D eigenvalue weighted by molar-refractivity contribution is 0.505. The lowest BCUT2D eigenvalue weighted by Gasteiger charge is -2.05. The van der Waals surface area contributed by atoms with Crippen LogP contribution in [0.4, 0.5) is 0 Å². The molecule has 90 valence electrons. The van der Waals surface area contributed by atoms with Gasteiger partial charge in [0.1, 0.15) is 0 Å². The molecule has 0 unspecified atom stereocenters. The maximum Gasteiger partial charge on any atom is 0.00449 e. The molecule has 14 heavy (non-hydrogen) atoms. The first-order valence-electron chi connectivity index (χ1n) is 5.77. The molecule has 0 aliphatic heterocycles. The quantitative estimate of drug-likeness (QED) is 0.689. The largest absolute Gasteiger partial charge is 0.330 e. The van der Waals surface area contributed by atoms with E-state index in [1.54, 1.807) is 0 Å². The summed E-state index contributed by atoms with van der Waals surface area (Å²) >= 11 is 4.12. The van der Waals surface area contributed by atoms with Crippen molar-refractivity contribution in [3.63, 3.8) is 0 Å². The molecule has 0 saturated carbocycles. The third-order valence-corrected chi connectivity index (χ3v) is 1.49. The Morgan fingerprint density at radius 3 is 1.29 bits per heavy atom. The van der Waals surface area contributed by atoms with E-state index in [-0.39, 0.29) is 4.75 Å². The molecule has 0 fully saturated rings. The first kappa shape index (κ1) is 19.8. The van der Waals surface area contributed by atoms with Gasteiger partial charge < -0.3 is 5.73 Å². The van der Waals surface area contributed by atoms with Crippen LogP contribution in [0.3, 0.4) is 0 Å². The molecule has 0 saturated heterocycles. The highest BCUT2D eigenvalue weighted by molar-refractivity contribution is 7.81. The summed E-state index contributed by atoms with van der Waals surface area (Å²) < 4.78 is 0.194. The normalized spacial score (nSPS) is 9.86. The summed E-state index contributed by atoms with van der Waals surface area (Å²) in [4.78, 5) is 0. The summed E-state index contributed by atoms with van der Waals surface area (Å²) in [5.41, 5.74) is 5.39. The molecular formula is C12H31NS. The zero-order chi connectivity index (χ0) is 12.2. The lowest BCUT2D eigenvalue weighted by atomic mass is 10.0. The van der Waals surface area contributed by atoms with Gasteiger partial charge in [0.2, 0.25) is 0 Å². The predicted molar refractivity (Wildman–Crippen MR) is 73.2 cm³/mol. The molecule has 0 spiro atoms. The fraction of sp³-hybridized carbons (Fsp3) is 1.00. The van der Waals surface area contributed by atoms with Gasteiger partial charge in [-0.1, -0.05) is 61.3 Å². The zero-order valence-electron chi connectivity index (χ0n) is 11.2. The summed E-state index contributed by atoms with van der Waals surface area (Å²) in [5, 5.41) is 0. The second kappa shape index (κ2) is 13.3. The molecule has 0 bridgehead atoms. The fourth-order valence-corrected chi connectivity index (χ4v) is 0.622. The average molecular weight is 221 g/mol. The van der Waals surface area contributed by atoms with E-state index in [4.69, 9.17) is 5.73 Å². The molecule has 2 heteroatoms. The minimum absolute atomic E-state index is 0.194. The average Bonchev–Trinajstić information content (AvgIpc) is 2.08. The molecule has 0 amide bonds. The van der Waals surface area contributed by atoms with Crippen LogP contribution in [0.5, 0.6) is 0 Å². The van der Waals surface area contributed by atoms with Crippen LogP contribution >= 0.6 is 12.6 Å². The van der Waals surface area contributed by atoms with Crippen LogP contribution < -0.4 is 5.73 Å². The van der Waals surface area contributed by atoms with Crippen LogP contribution in [0.1, 0.15) is 61.3 Å². The van der Waals surface area contributed by atoms with Crippen LogP contribution in [0.2, 0.25) is 0 Å². The van der Waals surface area contributed by atoms with Crippen LogP contribution in [0, 0.1) is 5.92 Å². The van der Waals surface area contributed by atoms with Crippen molar-refractivity contribution in [3.8, 4) is 0 Å². The summed E-state index contributed by atoms with van der Waals surface area (Å²) in [6.07, 6.45) is 2.46. The number of hydrogen-bond donors (Lipinski definition) is 2. The van der Waals surface area contributed by atoms with Crippen molar-refractivity contribution in [1.82, 2.24) is 0 Å². The Labute approximate surface area is 97.3 Å². The van der Waals surface area contributed by atoms with E-state index < -0.39 is 0 Å². The third kappa shape index (κ3) is 39.5. The van der Waals surface area contributed by atoms with Gasteiger partial charge in [0.05, 0.1) is 0 Å². The van der Waals surface area contributed by atoms with Crippen LogP contribution in [-0.2, 0) is 0 Å². The molecule has 0 aromatic rings. The van der Waals surface area contributed by atoms with E-state index >= 15 is 0 Å². The molecule has 0 radical (unpaired) electrons. The first-order chi connectivity index (χ1) is 6.35. The van der Waals surface area contributed by atoms with Gasteiger partial charge in [-0.15, -0.1) is 0 Å². The van der Waals surface area contributed by atoms with E-state index in [1.165, 1.54) is 12.8 Å². The topological polar surface area (TPSA) is 26.0 Å². The van der Waals surface area contributed by atoms with Crippen molar-refractivity contribution in [2.24, 2.45) is 11.7 Å². The Morgan fingerprint density at radius 1 is 1.07 bits per heavy atom. The molecule has 0 aromatic heterocycles. The molecule has 0 heterocycles. The highest BCUT2D eigenvalue weighted by Crippen LogP contribution is 2.07. The Hall–Kier alpha value is 0.310. The zero-order valence-corrected chi connectivity index (χ0v) is 12.1. The van der Waals surface area contributed by atoms with Gasteiger partial charge in [0, 0.05) is 4.75 Å². The Morgan fingerprint density at radius 2 is 1.29 bits per heavy atom. The Bertz CT molecular complexity index is 71.3. The maximum atomic E-state index is 5.39. The Kier molecular flexibility index (Phi) is 18.8. The minimum atomic E-state index is 0.194. The van der Waals surface area contributed by atoms with Gasteiger partial charge in [0.25, 0.3) is 0 Å². The highest BCUT2D eigenvalue weighted by Gasteiger charge is 1.97. The predicted octanol–water partition coefficient (Wildman–Crippen LogP) is 4.12. The molecule has 0 aromatic carbocycles. The number of rotatable bonds is 3. The van der Waals surface area contributed by atoms with E-state index in [2.05, 4.69) is 47.2 Å². The highest BCUT2D eigenvalue weighted by atomic mass is 32.1. The van der Waals surface area contributed by atoms with Crippen LogP contribution in [-0.4, -0.2) is 11.3 Å². The van der Waals surface area contributed by atoms with Gasteiger partial charge >= 0.3 is 0 Å². The molecule has 0 atom stereocenters. The molecular weight excluding hydrogens is 190 g/mol. The van der Waals surface area contributed by atoms with Gasteiger partial charge in [-0.2, -0.15) is 12.6 Å². The maximum absolute atomic E-state index is 5.39. The first-order valence-corrected chi connectivity index (χ1v) is 6.22. The Balaban J connectivity index is -0.000000152. The standard InChI is InChI=1S/C6H15N.C4H10S.C2H6/c1-3-6(4-2)5-7;1-4(2,3)5;1-2/h6H,3-5,7H2,1-2H3;5H,1-3H3;1-2H3. The fourth-order valence-electron chi connectivity index (χ4n) is 0.622. The number of thiol groups is 1. The molecule has 0 aliphatic carbocycles. The van der Waals surface area contributed by atoms with Crippen LogP contribution in [0.25, 0.3) is 0 Å². The summed E-state index contributed by atoms with van der Waals surface area (Å²) in [6, 6.07) is 0. The van der Waals surface area contributed by atoms with Crippen molar-refractivity contribution in [1.29, 1.82) is 0 Å². The molecule has 0 aliphatic rings. The van der Waals surface area contributed by atoms with Gasteiger partial charge in [-0.25, -0.2) is 0 Å². The van der Waals surface area contributed by atoms with Gasteiger partial charge in [0.15, 0.2) is 0 Å². The summed E-state index contributed by atoms with van der Waals surface area (Å²) in [7, 11) is 0. The van der Waals surface area contributed by atoms with Crippen molar-refractivity contribution >= 4 is 12.6 Å². The second-order valence-corrected chi connectivity index (χ2v) is 5.43. The van der Waals surface area contributed by atoms with Crippen molar-refractivity contribution in [3.05, 3.63) is 0 Å². The number of hydrogen-bond acceptors (Lipinski definition) is 2. The third-order valence-electron chi connectivity index (χ3n) is 1.49. The SMILES string of the molecule is CC.CC(C)(C)S.CCC(CC)CN. The smallest absolute Gasteiger partial charge is 0.00449 e. The molecule has 0 rings (SSSR count). The molecule has 1 nitrogen and oxygen atoms in total. The van der Waals surface area contributed by atoms with Crippen molar-refractivity contribution < 1.29 is 0 Å².